The van der Waals surface area contributed by atoms with Crippen molar-refractivity contribution in [3.63, 3.8) is 0 Å². The molecule has 1 fully saturated rings. The molecule has 4 rings (SSSR count). The minimum absolute atomic E-state index is 0.0800. The molecule has 1 saturated heterocycles. The Kier molecular flexibility index (Phi) is 6.63. The fourth-order valence-electron chi connectivity index (χ4n) is 3.97. The van der Waals surface area contributed by atoms with Crippen LogP contribution in [0.3, 0.4) is 0 Å². The van der Waals surface area contributed by atoms with Crippen LogP contribution in [0.5, 0.6) is 0 Å². The summed E-state index contributed by atoms with van der Waals surface area (Å²) in [6.45, 7) is 1.41. The number of carbonyl (C=O) groups excluding carboxylic acids is 2. The average molecular weight is 441 g/mol. The van der Waals surface area contributed by atoms with Gasteiger partial charge in [0.2, 0.25) is 5.91 Å². The van der Waals surface area contributed by atoms with Crippen molar-refractivity contribution in [3.05, 3.63) is 70.4 Å². The van der Waals surface area contributed by atoms with Crippen molar-refractivity contribution in [2.24, 2.45) is 0 Å². The van der Waals surface area contributed by atoms with Gasteiger partial charge in [-0.05, 0) is 42.0 Å². The van der Waals surface area contributed by atoms with E-state index in [4.69, 9.17) is 4.74 Å². The fraction of sp³-hybridized carbons (Fsp3) is 0.333. The van der Waals surface area contributed by atoms with Crippen LogP contribution in [0.1, 0.15) is 39.7 Å². The Bertz CT molecular complexity index is 1080. The number of hydrogen-bond acceptors (Lipinski definition) is 4. The number of hydrogen-bond donors (Lipinski definition) is 1. The number of benzene rings is 2. The van der Waals surface area contributed by atoms with E-state index in [1.807, 2.05) is 29.2 Å². The van der Waals surface area contributed by atoms with Crippen molar-refractivity contribution in [2.75, 3.05) is 26.7 Å². The van der Waals surface area contributed by atoms with E-state index in [-0.39, 0.29) is 23.7 Å². The number of aryl methyl sites for hydroxylation is 1. The zero-order valence-corrected chi connectivity index (χ0v) is 18.2. The van der Waals surface area contributed by atoms with E-state index >= 15 is 0 Å². The first-order chi connectivity index (χ1) is 15.1. The maximum atomic E-state index is 13.0. The topological polar surface area (TPSA) is 58.6 Å². The molecule has 0 bridgehead atoms. The van der Waals surface area contributed by atoms with Crippen LogP contribution in [0.2, 0.25) is 0 Å². The molecule has 2 amide bonds. The Morgan fingerprint density at radius 1 is 1.19 bits per heavy atom. The molecule has 162 valence electrons. The first-order valence-electron chi connectivity index (χ1n) is 10.4. The first-order valence-corrected chi connectivity index (χ1v) is 11.3. The lowest BCUT2D eigenvalue weighted by Gasteiger charge is -2.33. The molecule has 3 aromatic rings. The number of thiophene rings is 1. The van der Waals surface area contributed by atoms with Gasteiger partial charge in [0, 0.05) is 30.3 Å². The molecule has 2 heterocycles. The number of rotatable bonds is 6. The molecule has 0 saturated carbocycles. The highest BCUT2D eigenvalue weighted by Crippen LogP contribution is 2.38. The van der Waals surface area contributed by atoms with E-state index in [0.717, 1.165) is 27.6 Å². The maximum Gasteiger partial charge on any atom is 0.261 e. The largest absolute Gasteiger partial charge is 0.370 e. The molecule has 1 aromatic heterocycles. The zero-order chi connectivity index (χ0) is 21.8. The van der Waals surface area contributed by atoms with Gasteiger partial charge in [-0.2, -0.15) is 0 Å². The second-order valence-corrected chi connectivity index (χ2v) is 8.65. The molecular weight excluding hydrogens is 415 g/mol. The number of ether oxygens (including phenoxy) is 1. The molecule has 1 atom stereocenters. The minimum Gasteiger partial charge on any atom is -0.370 e. The summed E-state index contributed by atoms with van der Waals surface area (Å²) in [5.41, 5.74) is 1.89. The number of morpholine rings is 1. The quantitative estimate of drug-likeness (QED) is 0.621. The van der Waals surface area contributed by atoms with E-state index in [1.165, 1.54) is 23.5 Å². The van der Waals surface area contributed by atoms with Gasteiger partial charge in [-0.1, -0.05) is 30.3 Å². The molecule has 0 aliphatic carbocycles. The van der Waals surface area contributed by atoms with Crippen molar-refractivity contribution in [3.8, 4) is 0 Å². The minimum atomic E-state index is -0.335. The number of fused-ring (bicyclic) bond motifs is 1. The van der Waals surface area contributed by atoms with Crippen LogP contribution in [0.25, 0.3) is 10.1 Å². The first kappa shape index (κ1) is 21.5. The summed E-state index contributed by atoms with van der Waals surface area (Å²) in [4.78, 5) is 27.8. The predicted octanol–water partition coefficient (Wildman–Crippen LogP) is 4.32. The molecule has 1 N–H and O–H groups in total. The molecule has 31 heavy (non-hydrogen) atoms. The van der Waals surface area contributed by atoms with Crippen molar-refractivity contribution >= 4 is 33.2 Å². The van der Waals surface area contributed by atoms with Gasteiger partial charge in [0.25, 0.3) is 5.91 Å². The summed E-state index contributed by atoms with van der Waals surface area (Å²) in [6.07, 6.45) is 1.53. The number of amides is 2. The van der Waals surface area contributed by atoms with Crippen LogP contribution < -0.4 is 5.32 Å². The Balaban J connectivity index is 1.45. The second-order valence-electron chi connectivity index (χ2n) is 7.60. The van der Waals surface area contributed by atoms with Crippen LogP contribution in [-0.4, -0.2) is 43.5 Å². The van der Waals surface area contributed by atoms with Gasteiger partial charge in [0.15, 0.2) is 0 Å². The van der Waals surface area contributed by atoms with Crippen molar-refractivity contribution in [1.29, 1.82) is 0 Å². The van der Waals surface area contributed by atoms with Gasteiger partial charge in [0.1, 0.15) is 11.9 Å². The van der Waals surface area contributed by atoms with Gasteiger partial charge >= 0.3 is 0 Å². The van der Waals surface area contributed by atoms with Gasteiger partial charge < -0.3 is 15.0 Å². The third-order valence-corrected chi connectivity index (χ3v) is 6.76. The molecule has 1 aliphatic heterocycles. The van der Waals surface area contributed by atoms with Crippen LogP contribution >= 0.6 is 11.3 Å². The van der Waals surface area contributed by atoms with E-state index in [9.17, 15) is 14.0 Å². The fourth-order valence-corrected chi connectivity index (χ4v) is 5.17. The van der Waals surface area contributed by atoms with Crippen LogP contribution in [0.15, 0.2) is 48.5 Å². The second kappa shape index (κ2) is 9.58. The van der Waals surface area contributed by atoms with Gasteiger partial charge in [-0.25, -0.2) is 4.39 Å². The summed E-state index contributed by atoms with van der Waals surface area (Å²) >= 11 is 1.45. The maximum absolute atomic E-state index is 13.0. The molecule has 7 heteroatoms. The summed E-state index contributed by atoms with van der Waals surface area (Å²) in [5, 5.41) is 3.72. The van der Waals surface area contributed by atoms with E-state index in [1.54, 1.807) is 19.2 Å². The number of halogens is 1. The highest BCUT2D eigenvalue weighted by molar-refractivity contribution is 7.21. The Labute approximate surface area is 184 Å². The van der Waals surface area contributed by atoms with Crippen LogP contribution in [0, 0.1) is 5.82 Å². The summed E-state index contributed by atoms with van der Waals surface area (Å²) in [5.74, 6) is -0.310. The third kappa shape index (κ3) is 4.78. The summed E-state index contributed by atoms with van der Waals surface area (Å²) < 4.78 is 20.1. The summed E-state index contributed by atoms with van der Waals surface area (Å²) in [6, 6.07) is 14.3. The van der Waals surface area contributed by atoms with Crippen LogP contribution in [-0.2, 0) is 16.0 Å². The summed E-state index contributed by atoms with van der Waals surface area (Å²) in [7, 11) is 1.62. The Morgan fingerprint density at radius 2 is 1.97 bits per heavy atom. The SMILES string of the molecule is CNC(=O)c1sc2ccccc2c1[C@@H]1CN(C(=O)CCCc2ccc(F)cc2)CCO1. The standard InChI is InChI=1S/C24H25FN2O3S/c1-26-24(29)23-22(18-6-2-3-7-20(18)31-23)19-15-27(13-14-30-19)21(28)8-4-5-16-9-11-17(25)12-10-16/h2-3,6-7,9-12,19H,4-5,8,13-15H2,1H3,(H,26,29)/t19-/m0/s1. The Hall–Kier alpha value is -2.77. The molecule has 2 aromatic carbocycles. The van der Waals surface area contributed by atoms with Crippen LogP contribution in [0.4, 0.5) is 4.39 Å². The normalized spacial score (nSPS) is 16.5. The average Bonchev–Trinajstić information content (AvgIpc) is 3.19. The lowest BCUT2D eigenvalue weighted by molar-refractivity contribution is -0.139. The number of nitrogens with one attached hydrogen (secondary N) is 1. The monoisotopic (exact) mass is 440 g/mol. The zero-order valence-electron chi connectivity index (χ0n) is 17.4. The molecule has 0 unspecified atom stereocenters. The lowest BCUT2D eigenvalue weighted by atomic mass is 10.0. The lowest BCUT2D eigenvalue weighted by Crippen LogP contribution is -2.42. The van der Waals surface area contributed by atoms with Gasteiger partial charge in [-0.3, -0.25) is 9.59 Å². The van der Waals surface area contributed by atoms with Crippen molar-refractivity contribution < 1.29 is 18.7 Å². The smallest absolute Gasteiger partial charge is 0.261 e. The molecule has 0 spiro atoms. The number of nitrogens with zero attached hydrogens (tertiary/aromatic N) is 1. The third-order valence-electron chi connectivity index (χ3n) is 5.58. The van der Waals surface area contributed by atoms with Gasteiger partial charge in [-0.15, -0.1) is 11.3 Å². The molecule has 1 aliphatic rings. The van der Waals surface area contributed by atoms with Crippen molar-refractivity contribution in [2.45, 2.75) is 25.4 Å². The van der Waals surface area contributed by atoms with Gasteiger partial charge in [0.05, 0.1) is 18.0 Å². The van der Waals surface area contributed by atoms with E-state index in [2.05, 4.69) is 5.32 Å². The highest BCUT2D eigenvalue weighted by atomic mass is 32.1. The molecular formula is C24H25FN2O3S. The predicted molar refractivity (Wildman–Crippen MR) is 120 cm³/mol. The van der Waals surface area contributed by atoms with Crippen molar-refractivity contribution in [1.82, 2.24) is 10.2 Å². The molecule has 0 radical (unpaired) electrons. The molecule has 5 nitrogen and oxygen atoms in total. The van der Waals surface area contributed by atoms with E-state index < -0.39 is 0 Å². The van der Waals surface area contributed by atoms with E-state index in [0.29, 0.717) is 37.4 Å². The number of carbonyl (C=O) groups is 2. The Morgan fingerprint density at radius 3 is 2.74 bits per heavy atom. The highest BCUT2D eigenvalue weighted by Gasteiger charge is 2.31.